The molecule has 0 aromatic heterocycles. The molecule has 1 amide bonds. The Bertz CT molecular complexity index is 1870. The predicted octanol–water partition coefficient (Wildman–Crippen LogP) is 5.40. The highest BCUT2D eigenvalue weighted by Crippen LogP contribution is 2.55. The third kappa shape index (κ3) is 4.88. The smallest absolute Gasteiger partial charge is 0.236 e. The molecule has 0 saturated heterocycles. The van der Waals surface area contributed by atoms with Crippen molar-refractivity contribution in [1.29, 1.82) is 0 Å². The number of allylic oxidation sites excluding steroid dienone is 1. The zero-order chi connectivity index (χ0) is 33.0. The average molecular weight is 660 g/mol. The number of ether oxygens (including phenoxy) is 6. The summed E-state index contributed by atoms with van der Waals surface area (Å²) < 4.78 is 34.6. The zero-order valence-electron chi connectivity index (χ0n) is 26.5. The van der Waals surface area contributed by atoms with Crippen LogP contribution in [0.5, 0.6) is 34.5 Å². The molecule has 47 heavy (non-hydrogen) atoms. The molecular weight excluding hydrogens is 626 g/mol. The summed E-state index contributed by atoms with van der Waals surface area (Å²) in [6, 6.07) is 13.1. The molecule has 1 N–H and O–H groups in total. The van der Waals surface area contributed by atoms with E-state index in [0.717, 1.165) is 17.7 Å². The van der Waals surface area contributed by atoms with Gasteiger partial charge in [0.2, 0.25) is 23.1 Å². The van der Waals surface area contributed by atoms with Gasteiger partial charge in [-0.2, -0.15) is 0 Å². The molecule has 0 saturated carbocycles. The van der Waals surface area contributed by atoms with Crippen LogP contribution in [0, 0.1) is 5.92 Å². The topological polar surface area (TPSA) is 119 Å². The van der Waals surface area contributed by atoms with E-state index in [1.54, 1.807) is 26.2 Å². The second-order valence-electron chi connectivity index (χ2n) is 12.1. The van der Waals surface area contributed by atoms with Crippen molar-refractivity contribution in [2.45, 2.75) is 44.1 Å². The molecule has 0 radical (unpaired) electrons. The Kier molecular flexibility index (Phi) is 7.78. The first-order valence-electron chi connectivity index (χ1n) is 15.5. The Morgan fingerprint density at radius 2 is 1.70 bits per heavy atom. The maximum Gasteiger partial charge on any atom is 0.236 e. The van der Waals surface area contributed by atoms with E-state index >= 15 is 0 Å². The minimum Gasteiger partial charge on any atom is -0.496 e. The largest absolute Gasteiger partial charge is 0.496 e. The summed E-state index contributed by atoms with van der Waals surface area (Å²) in [6.45, 7) is 2.89. The number of Topliss-reactive ketones (excluding diaryl/α,β-unsaturated/α-hetero) is 2. The highest BCUT2D eigenvalue weighted by Gasteiger charge is 2.63. The van der Waals surface area contributed by atoms with Gasteiger partial charge >= 0.3 is 0 Å². The third-order valence-electron chi connectivity index (χ3n) is 9.55. The Balaban J connectivity index is 1.18. The quantitative estimate of drug-likeness (QED) is 0.317. The second-order valence-corrected chi connectivity index (χ2v) is 12.5. The zero-order valence-corrected chi connectivity index (χ0v) is 27.2. The summed E-state index contributed by atoms with van der Waals surface area (Å²) in [5, 5.41) is 2.97. The summed E-state index contributed by atoms with van der Waals surface area (Å²) in [5.74, 6) is -0.115. The fourth-order valence-electron chi connectivity index (χ4n) is 7.17. The van der Waals surface area contributed by atoms with Gasteiger partial charge in [-0.15, -0.1) is 0 Å². The maximum atomic E-state index is 14.7. The molecule has 0 unspecified atom stereocenters. The SMILES string of the molecule is COc1cc([C@@H]2CC(=O)NC3=C2C(=O)[C@@]2(Oc4c(Cl)c(OC)cc(OC)c4C2=O)[C@H](C)C3)ccc1OCCc1ccc2c(c1)CCO2. The monoisotopic (exact) mass is 659 g/mol. The van der Waals surface area contributed by atoms with Crippen LogP contribution >= 0.6 is 11.6 Å². The van der Waals surface area contributed by atoms with Gasteiger partial charge in [0.1, 0.15) is 27.8 Å². The van der Waals surface area contributed by atoms with Crippen molar-refractivity contribution in [1.82, 2.24) is 5.32 Å². The van der Waals surface area contributed by atoms with Crippen LogP contribution in [0.3, 0.4) is 0 Å². The average Bonchev–Trinajstić information content (AvgIpc) is 3.67. The normalized spacial score (nSPS) is 22.6. The Labute approximate surface area is 276 Å². The lowest BCUT2D eigenvalue weighted by Gasteiger charge is -2.41. The third-order valence-corrected chi connectivity index (χ3v) is 9.91. The predicted molar refractivity (Wildman–Crippen MR) is 171 cm³/mol. The fourth-order valence-corrected chi connectivity index (χ4v) is 7.43. The minimum atomic E-state index is -1.89. The number of carbonyl (C=O) groups excluding carboxylic acids is 3. The first-order chi connectivity index (χ1) is 22.7. The number of rotatable bonds is 8. The summed E-state index contributed by atoms with van der Waals surface area (Å²) >= 11 is 6.60. The van der Waals surface area contributed by atoms with Crippen molar-refractivity contribution in [2.24, 2.45) is 5.92 Å². The van der Waals surface area contributed by atoms with Gasteiger partial charge < -0.3 is 33.7 Å². The van der Waals surface area contributed by atoms with Gasteiger partial charge in [-0.25, -0.2) is 0 Å². The molecule has 1 aliphatic carbocycles. The molecule has 3 aromatic rings. The number of benzene rings is 3. The number of nitrogens with one attached hydrogen (secondary N) is 1. The molecule has 3 aliphatic heterocycles. The number of halogens is 1. The molecule has 3 heterocycles. The van der Waals surface area contributed by atoms with E-state index in [4.69, 9.17) is 40.0 Å². The number of amides is 1. The number of ketones is 2. The molecule has 1 spiro atoms. The van der Waals surface area contributed by atoms with E-state index < -0.39 is 29.0 Å². The number of hydrogen-bond acceptors (Lipinski definition) is 9. The number of methoxy groups -OCH3 is 3. The summed E-state index contributed by atoms with van der Waals surface area (Å²) in [5.41, 5.74) is 2.04. The lowest BCUT2D eigenvalue weighted by atomic mass is 9.66. The van der Waals surface area contributed by atoms with E-state index in [9.17, 15) is 14.4 Å². The highest BCUT2D eigenvalue weighted by molar-refractivity contribution is 6.36. The van der Waals surface area contributed by atoms with Crippen LogP contribution in [0.2, 0.25) is 5.02 Å². The lowest BCUT2D eigenvalue weighted by molar-refractivity contribution is -0.131. The summed E-state index contributed by atoms with van der Waals surface area (Å²) in [7, 11) is 4.40. The molecule has 10 nitrogen and oxygen atoms in total. The number of carbonyl (C=O) groups is 3. The summed E-state index contributed by atoms with van der Waals surface area (Å²) in [6.07, 6.45) is 1.83. The van der Waals surface area contributed by atoms with Gasteiger partial charge in [-0.1, -0.05) is 36.7 Å². The van der Waals surface area contributed by atoms with Gasteiger partial charge in [0.15, 0.2) is 17.2 Å². The van der Waals surface area contributed by atoms with Crippen LogP contribution in [0.15, 0.2) is 53.7 Å². The molecule has 244 valence electrons. The van der Waals surface area contributed by atoms with E-state index in [-0.39, 0.29) is 46.6 Å². The maximum absolute atomic E-state index is 14.7. The van der Waals surface area contributed by atoms with Crippen molar-refractivity contribution in [2.75, 3.05) is 34.5 Å². The van der Waals surface area contributed by atoms with Crippen LogP contribution < -0.4 is 33.7 Å². The molecule has 7 rings (SSSR count). The van der Waals surface area contributed by atoms with Gasteiger partial charge in [0.25, 0.3) is 0 Å². The van der Waals surface area contributed by atoms with Crippen LogP contribution in [0.4, 0.5) is 0 Å². The molecule has 0 fully saturated rings. The highest BCUT2D eigenvalue weighted by atomic mass is 35.5. The van der Waals surface area contributed by atoms with Gasteiger partial charge in [-0.05, 0) is 41.3 Å². The van der Waals surface area contributed by atoms with Crippen molar-refractivity contribution >= 4 is 29.1 Å². The second kappa shape index (κ2) is 11.8. The molecular formula is C36H34ClNO9. The molecule has 11 heteroatoms. The van der Waals surface area contributed by atoms with Crippen molar-refractivity contribution < 1.29 is 42.8 Å². The first kappa shape index (κ1) is 30.9. The van der Waals surface area contributed by atoms with Gasteiger partial charge in [0, 0.05) is 48.4 Å². The first-order valence-corrected chi connectivity index (χ1v) is 15.9. The standard InChI is InChI=1S/C36H34ClNO9/c1-18-13-23-30(34(40)36(18)35(41)31-27(43-3)17-28(44-4)32(37)33(31)47-36)22(16-29(39)38-23)20-6-8-25(26(15-20)42-2)46-11-9-19-5-7-24-21(14-19)10-12-45-24/h5-8,14-15,17-18,22H,9-13,16H2,1-4H3,(H,38,39)/t18-,22+,36+/m1/s1. The van der Waals surface area contributed by atoms with Gasteiger partial charge in [0.05, 0.1) is 34.5 Å². The molecule has 3 atom stereocenters. The van der Waals surface area contributed by atoms with Crippen molar-refractivity contribution in [3.63, 3.8) is 0 Å². The van der Waals surface area contributed by atoms with Crippen molar-refractivity contribution in [3.05, 3.63) is 81.0 Å². The van der Waals surface area contributed by atoms with E-state index in [2.05, 4.69) is 11.4 Å². The summed E-state index contributed by atoms with van der Waals surface area (Å²) in [4.78, 5) is 41.9. The van der Waals surface area contributed by atoms with Crippen LogP contribution in [0.25, 0.3) is 0 Å². The van der Waals surface area contributed by atoms with Crippen molar-refractivity contribution in [3.8, 4) is 34.5 Å². The fraction of sp³-hybridized carbons (Fsp3) is 0.361. The Morgan fingerprint density at radius 3 is 2.47 bits per heavy atom. The molecule has 0 bridgehead atoms. The Hall–Kier alpha value is -4.70. The van der Waals surface area contributed by atoms with Crippen LogP contribution in [-0.2, 0) is 22.4 Å². The number of fused-ring (bicyclic) bond motifs is 2. The van der Waals surface area contributed by atoms with Gasteiger partial charge in [-0.3, -0.25) is 14.4 Å². The van der Waals surface area contributed by atoms with E-state index in [1.165, 1.54) is 25.8 Å². The lowest BCUT2D eigenvalue weighted by Crippen LogP contribution is -2.59. The minimum absolute atomic E-state index is 0.000521. The van der Waals surface area contributed by atoms with Crippen LogP contribution in [0.1, 0.15) is 52.7 Å². The number of hydrogen-bond donors (Lipinski definition) is 1. The molecule has 3 aromatic carbocycles. The van der Waals surface area contributed by atoms with E-state index in [0.29, 0.717) is 48.0 Å². The Morgan fingerprint density at radius 1 is 0.915 bits per heavy atom. The van der Waals surface area contributed by atoms with Crippen LogP contribution in [-0.4, -0.2) is 57.6 Å². The molecule has 4 aliphatic rings. The van der Waals surface area contributed by atoms with E-state index in [1.807, 2.05) is 18.2 Å².